The molecule has 2 aromatic carbocycles. The van der Waals surface area contributed by atoms with Crippen molar-refractivity contribution in [1.82, 2.24) is 0 Å². The summed E-state index contributed by atoms with van der Waals surface area (Å²) in [4.78, 5) is 0. The second-order valence-electron chi connectivity index (χ2n) is 4.23. The van der Waals surface area contributed by atoms with E-state index in [1.165, 1.54) is 18.2 Å². The Hall–Kier alpha value is -2.76. The van der Waals surface area contributed by atoms with Gasteiger partial charge >= 0.3 is 0 Å². The SMILES string of the molecule is COc1ccccc1OCc1ccc(F)cc1C(N)=NO. The van der Waals surface area contributed by atoms with Gasteiger partial charge in [-0.25, -0.2) is 4.39 Å². The number of hydrogen-bond donors (Lipinski definition) is 2. The fraction of sp³-hybridized carbons (Fsp3) is 0.133. The Morgan fingerprint density at radius 2 is 1.95 bits per heavy atom. The van der Waals surface area contributed by atoms with Gasteiger partial charge in [-0.1, -0.05) is 23.4 Å². The highest BCUT2D eigenvalue weighted by Crippen LogP contribution is 2.27. The highest BCUT2D eigenvalue weighted by Gasteiger charge is 2.10. The number of nitrogens with two attached hydrogens (primary N) is 1. The molecule has 0 fully saturated rings. The molecule has 0 saturated carbocycles. The van der Waals surface area contributed by atoms with Crippen LogP contribution in [0.3, 0.4) is 0 Å². The first-order valence-corrected chi connectivity index (χ1v) is 6.18. The van der Waals surface area contributed by atoms with Gasteiger partial charge in [-0.3, -0.25) is 0 Å². The summed E-state index contributed by atoms with van der Waals surface area (Å²) in [7, 11) is 1.54. The van der Waals surface area contributed by atoms with Gasteiger partial charge in [-0.2, -0.15) is 0 Å². The smallest absolute Gasteiger partial charge is 0.170 e. The molecule has 0 aliphatic carbocycles. The van der Waals surface area contributed by atoms with Crippen molar-refractivity contribution in [2.75, 3.05) is 7.11 Å². The van der Waals surface area contributed by atoms with Crippen molar-refractivity contribution >= 4 is 5.84 Å². The van der Waals surface area contributed by atoms with Crippen molar-refractivity contribution in [3.63, 3.8) is 0 Å². The molecule has 0 aliphatic rings. The number of nitrogens with zero attached hydrogens (tertiary/aromatic N) is 1. The maximum Gasteiger partial charge on any atom is 0.170 e. The van der Waals surface area contributed by atoms with Crippen molar-refractivity contribution in [3.8, 4) is 11.5 Å². The molecular weight excluding hydrogens is 275 g/mol. The minimum Gasteiger partial charge on any atom is -0.493 e. The number of hydrogen-bond acceptors (Lipinski definition) is 4. The third-order valence-corrected chi connectivity index (χ3v) is 2.91. The number of oxime groups is 1. The summed E-state index contributed by atoms with van der Waals surface area (Å²) in [5.74, 6) is 0.491. The van der Waals surface area contributed by atoms with Crippen LogP contribution in [0.4, 0.5) is 4.39 Å². The lowest BCUT2D eigenvalue weighted by molar-refractivity contribution is 0.284. The summed E-state index contributed by atoms with van der Waals surface area (Å²) >= 11 is 0. The summed E-state index contributed by atoms with van der Waals surface area (Å²) in [5.41, 5.74) is 6.42. The second kappa shape index (κ2) is 6.60. The van der Waals surface area contributed by atoms with Crippen molar-refractivity contribution in [3.05, 3.63) is 59.4 Å². The van der Waals surface area contributed by atoms with E-state index in [-0.39, 0.29) is 18.0 Å². The molecular formula is C15H15FN2O3. The van der Waals surface area contributed by atoms with E-state index in [9.17, 15) is 4.39 Å². The van der Waals surface area contributed by atoms with Gasteiger partial charge in [-0.05, 0) is 24.3 Å². The first kappa shape index (κ1) is 14.6. The highest BCUT2D eigenvalue weighted by atomic mass is 19.1. The van der Waals surface area contributed by atoms with Crippen molar-refractivity contribution in [1.29, 1.82) is 0 Å². The molecule has 0 spiro atoms. The standard InChI is InChI=1S/C15H15FN2O3/c1-20-13-4-2-3-5-14(13)21-9-10-6-7-11(16)8-12(10)15(17)18-19/h2-8,19H,9H2,1H3,(H2,17,18). The van der Waals surface area contributed by atoms with Gasteiger partial charge in [0.15, 0.2) is 17.3 Å². The Morgan fingerprint density at radius 3 is 2.62 bits per heavy atom. The Kier molecular flexibility index (Phi) is 4.61. The van der Waals surface area contributed by atoms with Crippen LogP contribution in [0.2, 0.25) is 0 Å². The number of halogens is 1. The number of para-hydroxylation sites is 2. The van der Waals surface area contributed by atoms with Crippen LogP contribution in [-0.4, -0.2) is 18.2 Å². The van der Waals surface area contributed by atoms with Gasteiger partial charge < -0.3 is 20.4 Å². The predicted molar refractivity (Wildman–Crippen MR) is 76.2 cm³/mol. The number of amidine groups is 1. The quantitative estimate of drug-likeness (QED) is 0.384. The van der Waals surface area contributed by atoms with Crippen LogP contribution in [0.25, 0.3) is 0 Å². The lowest BCUT2D eigenvalue weighted by atomic mass is 10.1. The Balaban J connectivity index is 2.24. The molecule has 3 N–H and O–H groups in total. The van der Waals surface area contributed by atoms with Crippen molar-refractivity contribution < 1.29 is 19.1 Å². The first-order valence-electron chi connectivity index (χ1n) is 6.18. The second-order valence-corrected chi connectivity index (χ2v) is 4.23. The fourth-order valence-corrected chi connectivity index (χ4v) is 1.86. The van der Waals surface area contributed by atoms with Gasteiger partial charge in [0.2, 0.25) is 0 Å². The zero-order valence-corrected chi connectivity index (χ0v) is 11.4. The van der Waals surface area contributed by atoms with Crippen molar-refractivity contribution in [2.45, 2.75) is 6.61 Å². The Labute approximate surface area is 121 Å². The van der Waals surface area contributed by atoms with E-state index >= 15 is 0 Å². The number of methoxy groups -OCH3 is 1. The molecule has 2 aromatic rings. The monoisotopic (exact) mass is 290 g/mol. The lowest BCUT2D eigenvalue weighted by Gasteiger charge is -2.12. The van der Waals surface area contributed by atoms with E-state index < -0.39 is 5.82 Å². The largest absolute Gasteiger partial charge is 0.493 e. The summed E-state index contributed by atoms with van der Waals surface area (Å²) < 4.78 is 24.1. The van der Waals surface area contributed by atoms with Crippen LogP contribution in [0, 0.1) is 5.82 Å². The van der Waals surface area contributed by atoms with Crippen LogP contribution in [0.1, 0.15) is 11.1 Å². The molecule has 0 heterocycles. The van der Waals surface area contributed by atoms with E-state index in [0.717, 1.165) is 0 Å². The minimum absolute atomic E-state index is 0.131. The van der Waals surface area contributed by atoms with E-state index in [2.05, 4.69) is 5.16 Å². The van der Waals surface area contributed by atoms with Crippen LogP contribution in [-0.2, 0) is 6.61 Å². The topological polar surface area (TPSA) is 77.1 Å². The molecule has 21 heavy (non-hydrogen) atoms. The molecule has 0 bridgehead atoms. The third-order valence-electron chi connectivity index (χ3n) is 2.91. The van der Waals surface area contributed by atoms with Gasteiger partial charge in [-0.15, -0.1) is 0 Å². The summed E-state index contributed by atoms with van der Waals surface area (Å²) in [5, 5.41) is 11.6. The van der Waals surface area contributed by atoms with E-state index in [0.29, 0.717) is 17.1 Å². The van der Waals surface area contributed by atoms with E-state index in [1.54, 1.807) is 19.2 Å². The van der Waals surface area contributed by atoms with Gasteiger partial charge in [0.25, 0.3) is 0 Å². The molecule has 5 nitrogen and oxygen atoms in total. The first-order chi connectivity index (χ1) is 10.2. The molecule has 0 saturated heterocycles. The summed E-state index contributed by atoms with van der Waals surface area (Å²) in [6, 6.07) is 11.2. The fourth-order valence-electron chi connectivity index (χ4n) is 1.86. The van der Waals surface area contributed by atoms with Gasteiger partial charge in [0.1, 0.15) is 12.4 Å². The molecule has 110 valence electrons. The number of ether oxygens (including phenoxy) is 2. The predicted octanol–water partition coefficient (Wildman–Crippen LogP) is 2.51. The molecule has 0 unspecified atom stereocenters. The average molecular weight is 290 g/mol. The molecule has 0 amide bonds. The number of rotatable bonds is 5. The molecule has 2 rings (SSSR count). The van der Waals surface area contributed by atoms with Crippen LogP contribution in [0.15, 0.2) is 47.6 Å². The van der Waals surface area contributed by atoms with Crippen molar-refractivity contribution in [2.24, 2.45) is 10.9 Å². The average Bonchev–Trinajstić information content (AvgIpc) is 2.53. The zero-order chi connectivity index (χ0) is 15.2. The van der Waals surface area contributed by atoms with E-state index in [1.807, 2.05) is 12.1 Å². The maximum atomic E-state index is 13.3. The Morgan fingerprint density at radius 1 is 1.24 bits per heavy atom. The molecule has 0 atom stereocenters. The van der Waals surface area contributed by atoms with Gasteiger partial charge in [0.05, 0.1) is 7.11 Å². The summed E-state index contributed by atoms with van der Waals surface area (Å²) in [6.45, 7) is 0.131. The minimum atomic E-state index is -0.474. The number of benzene rings is 2. The third kappa shape index (κ3) is 3.42. The lowest BCUT2D eigenvalue weighted by Crippen LogP contribution is -2.17. The molecule has 0 aromatic heterocycles. The van der Waals surface area contributed by atoms with Crippen LogP contribution < -0.4 is 15.2 Å². The molecule has 0 radical (unpaired) electrons. The normalized spacial score (nSPS) is 11.2. The Bertz CT molecular complexity index is 659. The molecule has 0 aliphatic heterocycles. The van der Waals surface area contributed by atoms with Gasteiger partial charge in [0, 0.05) is 11.1 Å². The van der Waals surface area contributed by atoms with Crippen LogP contribution in [0.5, 0.6) is 11.5 Å². The highest BCUT2D eigenvalue weighted by molar-refractivity contribution is 5.98. The summed E-state index contributed by atoms with van der Waals surface area (Å²) in [6.07, 6.45) is 0. The zero-order valence-electron chi connectivity index (χ0n) is 11.4. The maximum absolute atomic E-state index is 13.3. The van der Waals surface area contributed by atoms with Crippen LogP contribution >= 0.6 is 0 Å². The molecule has 6 heteroatoms. The van der Waals surface area contributed by atoms with E-state index in [4.69, 9.17) is 20.4 Å².